The summed E-state index contributed by atoms with van der Waals surface area (Å²) in [6.07, 6.45) is 8.47. The number of H-pyrrole nitrogens is 1. The second-order valence-corrected chi connectivity index (χ2v) is 10.4. The summed E-state index contributed by atoms with van der Waals surface area (Å²) in [5, 5.41) is 11.1. The Hall–Kier alpha value is -1.80. The molecule has 2 aromatic rings. The van der Waals surface area contributed by atoms with E-state index >= 15 is 0 Å². The van der Waals surface area contributed by atoms with E-state index < -0.39 is 17.0 Å². The van der Waals surface area contributed by atoms with E-state index in [-0.39, 0.29) is 11.8 Å². The van der Waals surface area contributed by atoms with Crippen LogP contribution in [0.5, 0.6) is 5.75 Å². The molecule has 2 fully saturated rings. The third kappa shape index (κ3) is 3.19. The number of nitrogens with zero attached hydrogens (tertiary/aromatic N) is 1. The van der Waals surface area contributed by atoms with Gasteiger partial charge in [0.2, 0.25) is 0 Å². The van der Waals surface area contributed by atoms with Gasteiger partial charge in [-0.2, -0.15) is 0 Å². The summed E-state index contributed by atoms with van der Waals surface area (Å²) < 4.78 is 30.4. The summed E-state index contributed by atoms with van der Waals surface area (Å²) in [5.74, 6) is 3.88. The molecule has 3 aliphatic rings. The molecule has 142 valence electrons. The molecule has 8 heteroatoms. The first-order valence-corrected chi connectivity index (χ1v) is 11.5. The van der Waals surface area contributed by atoms with Gasteiger partial charge in [0.15, 0.2) is 9.84 Å². The van der Waals surface area contributed by atoms with E-state index in [0.717, 1.165) is 47.9 Å². The number of nitrogens with one attached hydrogen (secondary N) is 1. The van der Waals surface area contributed by atoms with Gasteiger partial charge in [0.05, 0.1) is 17.7 Å². The van der Waals surface area contributed by atoms with E-state index in [1.807, 2.05) is 12.3 Å². The van der Waals surface area contributed by atoms with Gasteiger partial charge in [-0.1, -0.05) is 6.42 Å². The monoisotopic (exact) mass is 386 g/mol. The Balaban J connectivity index is 1.32. The van der Waals surface area contributed by atoms with Crippen molar-refractivity contribution < 1.29 is 18.1 Å². The maximum absolute atomic E-state index is 12.4. The van der Waals surface area contributed by atoms with Gasteiger partial charge in [-0.3, -0.25) is 0 Å². The van der Waals surface area contributed by atoms with Crippen LogP contribution >= 0.6 is 0 Å². The Morgan fingerprint density at radius 3 is 2.78 bits per heavy atom. The minimum absolute atomic E-state index is 0.216. The summed E-state index contributed by atoms with van der Waals surface area (Å²) in [7, 11) is -3.94. The lowest BCUT2D eigenvalue weighted by Gasteiger charge is -2.39. The molecule has 0 amide bonds. The normalized spacial score (nSPS) is 25.4. The van der Waals surface area contributed by atoms with Crippen molar-refractivity contribution in [2.75, 3.05) is 11.5 Å². The highest BCUT2D eigenvalue weighted by Crippen LogP contribution is 2.48. The van der Waals surface area contributed by atoms with Crippen LogP contribution in [0.3, 0.4) is 0 Å². The maximum Gasteiger partial charge on any atom is 0.552 e. The predicted octanol–water partition coefficient (Wildman–Crippen LogP) is 2.60. The van der Waals surface area contributed by atoms with Gasteiger partial charge in [-0.05, 0) is 61.1 Å². The fraction of sp³-hybridized carbons (Fsp3) is 0.526. The lowest BCUT2D eigenvalue weighted by atomic mass is 9.66. The van der Waals surface area contributed by atoms with Crippen LogP contribution in [-0.2, 0) is 9.84 Å². The molecule has 2 N–H and O–H groups in total. The molecule has 0 unspecified atom stereocenters. The van der Waals surface area contributed by atoms with Gasteiger partial charge in [0.1, 0.15) is 11.4 Å². The number of sulfone groups is 1. The fourth-order valence-corrected chi connectivity index (χ4v) is 6.87. The molecule has 2 aliphatic carbocycles. The van der Waals surface area contributed by atoms with Gasteiger partial charge in [-0.25, -0.2) is 13.4 Å². The topological polar surface area (TPSA) is 92.3 Å². The van der Waals surface area contributed by atoms with Crippen LogP contribution in [0.25, 0.3) is 16.6 Å². The van der Waals surface area contributed by atoms with Crippen LogP contribution in [0.1, 0.15) is 37.7 Å². The zero-order valence-corrected chi connectivity index (χ0v) is 15.9. The van der Waals surface area contributed by atoms with E-state index in [4.69, 9.17) is 4.65 Å². The highest BCUT2D eigenvalue weighted by Gasteiger charge is 2.39. The van der Waals surface area contributed by atoms with Crippen LogP contribution in [0.2, 0.25) is 0 Å². The average Bonchev–Trinajstić information content (AvgIpc) is 3.02. The number of pyridine rings is 1. The van der Waals surface area contributed by atoms with E-state index in [9.17, 15) is 13.4 Å². The second-order valence-electron chi connectivity index (χ2n) is 8.28. The molecule has 2 saturated carbocycles. The van der Waals surface area contributed by atoms with Crippen molar-refractivity contribution in [1.82, 2.24) is 9.97 Å². The zero-order chi connectivity index (χ0) is 18.6. The van der Waals surface area contributed by atoms with Crippen molar-refractivity contribution in [3.05, 3.63) is 30.0 Å². The molecule has 0 atom stereocenters. The van der Waals surface area contributed by atoms with Gasteiger partial charge in [0, 0.05) is 17.1 Å². The van der Waals surface area contributed by atoms with Crippen LogP contribution < -0.4 is 4.65 Å². The number of allylic oxidation sites excluding steroid dienone is 1. The smallest absolute Gasteiger partial charge is 0.531 e. The minimum Gasteiger partial charge on any atom is -0.531 e. The van der Waals surface area contributed by atoms with Crippen molar-refractivity contribution in [2.45, 2.75) is 32.1 Å². The fourth-order valence-electron chi connectivity index (χ4n) is 4.69. The lowest BCUT2D eigenvalue weighted by molar-refractivity contribution is 0.271. The van der Waals surface area contributed by atoms with Crippen molar-refractivity contribution in [3.8, 4) is 5.75 Å². The molecule has 0 saturated heterocycles. The van der Waals surface area contributed by atoms with Gasteiger partial charge in [0.25, 0.3) is 0 Å². The number of fused-ring (bicyclic) bond motifs is 3. The van der Waals surface area contributed by atoms with Crippen LogP contribution in [-0.4, -0.2) is 42.0 Å². The largest absolute Gasteiger partial charge is 0.552 e. The van der Waals surface area contributed by atoms with Crippen LogP contribution in [0, 0.1) is 17.8 Å². The summed E-state index contributed by atoms with van der Waals surface area (Å²) >= 11 is 0. The molecule has 0 bridgehead atoms. The van der Waals surface area contributed by atoms with Gasteiger partial charge >= 0.3 is 7.12 Å². The Morgan fingerprint density at radius 2 is 2.04 bits per heavy atom. The molecular weight excluding hydrogens is 363 g/mol. The third-order valence-corrected chi connectivity index (χ3v) is 8.25. The summed E-state index contributed by atoms with van der Waals surface area (Å²) in [6.45, 7) is 0. The second kappa shape index (κ2) is 6.38. The van der Waals surface area contributed by atoms with E-state index in [1.54, 1.807) is 12.2 Å². The number of hydrogen-bond acceptors (Lipinski definition) is 5. The Labute approximate surface area is 159 Å². The Kier molecular flexibility index (Phi) is 4.09. The van der Waals surface area contributed by atoms with Crippen LogP contribution in [0.15, 0.2) is 24.4 Å². The quantitative estimate of drug-likeness (QED) is 0.771. The molecule has 6 nitrogen and oxygen atoms in total. The number of aromatic nitrogens is 2. The predicted molar refractivity (Wildman–Crippen MR) is 105 cm³/mol. The number of hydrogen-bond donors (Lipinski definition) is 2. The molecule has 0 spiro atoms. The molecule has 0 radical (unpaired) electrons. The van der Waals surface area contributed by atoms with Crippen LogP contribution in [0.4, 0.5) is 0 Å². The molecule has 2 aromatic heterocycles. The minimum atomic E-state index is -2.96. The first kappa shape index (κ1) is 17.3. The first-order valence-electron chi connectivity index (χ1n) is 9.72. The average molecular weight is 386 g/mol. The summed E-state index contributed by atoms with van der Waals surface area (Å²) in [4.78, 5) is 7.44. The Morgan fingerprint density at radius 1 is 1.26 bits per heavy atom. The third-order valence-electron chi connectivity index (χ3n) is 6.29. The lowest BCUT2D eigenvalue weighted by Crippen LogP contribution is -2.35. The molecular formula is C19H23BN2O4S. The van der Waals surface area contributed by atoms with Crippen molar-refractivity contribution >= 4 is 33.6 Å². The molecule has 0 aromatic carbocycles. The zero-order valence-electron chi connectivity index (χ0n) is 15.1. The van der Waals surface area contributed by atoms with Crippen molar-refractivity contribution in [1.29, 1.82) is 0 Å². The van der Waals surface area contributed by atoms with E-state index in [1.165, 1.54) is 6.42 Å². The van der Waals surface area contributed by atoms with Crippen molar-refractivity contribution in [2.24, 2.45) is 17.8 Å². The number of aromatic amines is 1. The first-order chi connectivity index (χ1) is 13.0. The van der Waals surface area contributed by atoms with Gasteiger partial charge in [-0.15, -0.1) is 0 Å². The number of rotatable bonds is 5. The van der Waals surface area contributed by atoms with Crippen molar-refractivity contribution in [3.63, 3.8) is 0 Å². The van der Waals surface area contributed by atoms with Gasteiger partial charge < -0.3 is 14.7 Å². The summed E-state index contributed by atoms with van der Waals surface area (Å²) in [6, 6.07) is 1.97. The Bertz CT molecular complexity index is 1010. The van der Waals surface area contributed by atoms with E-state index in [2.05, 4.69) is 9.97 Å². The summed E-state index contributed by atoms with van der Waals surface area (Å²) in [5.41, 5.74) is 2.83. The molecule has 27 heavy (non-hydrogen) atoms. The molecule has 5 rings (SSSR count). The SMILES string of the molecule is O=S(=O)(CC1CCC1)CC1CC(C2=CB(O)Oc3cnc4[nH]ccc4c32)C1. The standard InChI is InChI=1S/C19H23BN2O4S/c23-20-8-16(18-15-4-5-21-19(15)22-9-17(18)26-20)14-6-13(7-14)11-27(24,25)10-12-2-1-3-12/h4-5,8-9,12-14,23H,1-3,6-7,10-11H2,(H,21,22). The highest BCUT2D eigenvalue weighted by atomic mass is 32.2. The highest BCUT2D eigenvalue weighted by molar-refractivity contribution is 7.91. The molecule has 3 heterocycles. The maximum atomic E-state index is 12.4. The van der Waals surface area contributed by atoms with E-state index in [0.29, 0.717) is 23.2 Å². The molecule has 1 aliphatic heterocycles.